The molecule has 2 aromatic rings. The number of hydrogen-bond donors (Lipinski definition) is 1. The molecule has 4 aliphatic carbocycles. The highest BCUT2D eigenvalue weighted by molar-refractivity contribution is 5.93. The van der Waals surface area contributed by atoms with Crippen molar-refractivity contribution in [2.24, 2.45) is 17.3 Å². The number of nitrogens with zero attached hydrogens (tertiary/aromatic N) is 2. The van der Waals surface area contributed by atoms with E-state index in [9.17, 15) is 9.90 Å². The van der Waals surface area contributed by atoms with Gasteiger partial charge in [-0.15, -0.1) is 0 Å². The predicted molar refractivity (Wildman–Crippen MR) is 154 cm³/mol. The van der Waals surface area contributed by atoms with Crippen LogP contribution < -0.4 is 4.90 Å². The van der Waals surface area contributed by atoms with Crippen molar-refractivity contribution in [2.45, 2.75) is 63.4 Å². The van der Waals surface area contributed by atoms with Gasteiger partial charge in [0.2, 0.25) is 0 Å². The molecule has 1 N–H and O–H groups in total. The summed E-state index contributed by atoms with van der Waals surface area (Å²) in [5.74, 6) is 7.82. The van der Waals surface area contributed by atoms with E-state index in [1.807, 2.05) is 18.2 Å². The van der Waals surface area contributed by atoms with Gasteiger partial charge in [-0.1, -0.05) is 36.5 Å². The van der Waals surface area contributed by atoms with Gasteiger partial charge >= 0.3 is 0 Å². The number of aliphatic hydroxyl groups is 1. The lowest BCUT2D eigenvalue weighted by molar-refractivity contribution is -0.114. The van der Waals surface area contributed by atoms with Crippen LogP contribution in [-0.2, 0) is 4.79 Å². The van der Waals surface area contributed by atoms with Gasteiger partial charge in [0.15, 0.2) is 5.78 Å². The second kappa shape index (κ2) is 9.55. The third kappa shape index (κ3) is 4.23. The fourth-order valence-electron chi connectivity index (χ4n) is 7.98. The summed E-state index contributed by atoms with van der Waals surface area (Å²) in [5, 5.41) is 21.4. The molecule has 0 radical (unpaired) electrons. The number of allylic oxidation sites excluding steroid dienone is 4. The van der Waals surface area contributed by atoms with E-state index in [1.54, 1.807) is 12.1 Å². The Morgan fingerprint density at radius 3 is 2.38 bits per heavy atom. The zero-order chi connectivity index (χ0) is 27.4. The van der Waals surface area contributed by atoms with Crippen molar-refractivity contribution < 1.29 is 9.90 Å². The van der Waals surface area contributed by atoms with Gasteiger partial charge in [0.1, 0.15) is 5.60 Å². The zero-order valence-corrected chi connectivity index (χ0v) is 23.1. The summed E-state index contributed by atoms with van der Waals surface area (Å²) >= 11 is 0. The Morgan fingerprint density at radius 1 is 0.974 bits per heavy atom. The van der Waals surface area contributed by atoms with Crippen molar-refractivity contribution in [1.29, 1.82) is 5.26 Å². The van der Waals surface area contributed by atoms with Crippen LogP contribution in [0.25, 0.3) is 0 Å². The van der Waals surface area contributed by atoms with Crippen molar-refractivity contribution in [3.05, 3.63) is 88.0 Å². The van der Waals surface area contributed by atoms with Crippen molar-refractivity contribution in [3.63, 3.8) is 0 Å². The second-order valence-corrected chi connectivity index (χ2v) is 12.3. The lowest BCUT2D eigenvalue weighted by Gasteiger charge is -2.53. The number of nitriles is 1. The van der Waals surface area contributed by atoms with E-state index in [0.29, 0.717) is 30.2 Å². The first-order valence-corrected chi connectivity index (χ1v) is 14.2. The maximum Gasteiger partial charge on any atom is 0.156 e. The third-order valence-electron chi connectivity index (χ3n) is 10.1. The third-order valence-corrected chi connectivity index (χ3v) is 10.1. The van der Waals surface area contributed by atoms with Gasteiger partial charge in [-0.05, 0) is 110 Å². The molecule has 39 heavy (non-hydrogen) atoms. The van der Waals surface area contributed by atoms with Crippen LogP contribution in [0.1, 0.15) is 74.5 Å². The molecule has 4 nitrogen and oxygen atoms in total. The highest BCUT2D eigenvalue weighted by Gasteiger charge is 2.62. The van der Waals surface area contributed by atoms with Gasteiger partial charge in [-0.2, -0.15) is 5.26 Å². The summed E-state index contributed by atoms with van der Waals surface area (Å²) < 4.78 is 0. The van der Waals surface area contributed by atoms with Crippen LogP contribution in [0.3, 0.4) is 0 Å². The van der Waals surface area contributed by atoms with Crippen LogP contribution in [0, 0.1) is 40.4 Å². The van der Waals surface area contributed by atoms with Crippen LogP contribution in [0.15, 0.2) is 71.3 Å². The number of ketones is 1. The molecule has 6 rings (SSSR count). The molecule has 2 saturated carbocycles. The van der Waals surface area contributed by atoms with Crippen molar-refractivity contribution in [2.75, 3.05) is 19.0 Å². The molecule has 2 aromatic carbocycles. The minimum Gasteiger partial charge on any atom is -0.378 e. The first kappa shape index (κ1) is 25.7. The molecule has 0 aromatic heterocycles. The Morgan fingerprint density at radius 2 is 1.69 bits per heavy atom. The van der Waals surface area contributed by atoms with E-state index in [1.165, 1.54) is 28.0 Å². The van der Waals surface area contributed by atoms with Crippen molar-refractivity contribution in [3.8, 4) is 17.9 Å². The van der Waals surface area contributed by atoms with Gasteiger partial charge in [0.05, 0.1) is 11.6 Å². The first-order valence-electron chi connectivity index (χ1n) is 14.2. The molecule has 4 aliphatic rings. The van der Waals surface area contributed by atoms with E-state index >= 15 is 0 Å². The molecule has 4 heteroatoms. The van der Waals surface area contributed by atoms with Crippen LogP contribution in [0.2, 0.25) is 0 Å². The zero-order valence-electron chi connectivity index (χ0n) is 23.1. The smallest absolute Gasteiger partial charge is 0.156 e. The molecule has 0 saturated heterocycles. The highest BCUT2D eigenvalue weighted by Crippen LogP contribution is 2.66. The van der Waals surface area contributed by atoms with Crippen LogP contribution >= 0.6 is 0 Å². The van der Waals surface area contributed by atoms with Gasteiger partial charge in [0, 0.05) is 43.1 Å². The fourth-order valence-corrected chi connectivity index (χ4v) is 7.98. The minimum absolute atomic E-state index is 0.195. The Kier molecular flexibility index (Phi) is 6.28. The number of benzene rings is 2. The minimum atomic E-state index is -1.08. The van der Waals surface area contributed by atoms with E-state index in [4.69, 9.17) is 5.26 Å². The molecule has 5 atom stereocenters. The molecule has 198 valence electrons. The number of fused-ring (bicyclic) bond motifs is 4. The SMILES string of the molecule is CN(C)c1ccc([C@H]2C[C@@]3(C)[C@@H](CC[C@@]3(O)C#Cc3ccc(C#N)cc3)[C@@H]3CCC4=CC(=O)CCC4=C32)cc1. The van der Waals surface area contributed by atoms with E-state index in [0.717, 1.165) is 37.7 Å². The van der Waals surface area contributed by atoms with Gasteiger partial charge in [0.25, 0.3) is 0 Å². The largest absolute Gasteiger partial charge is 0.378 e. The van der Waals surface area contributed by atoms with Gasteiger partial charge in [-0.25, -0.2) is 0 Å². The van der Waals surface area contributed by atoms with E-state index in [2.05, 4.69) is 68.1 Å². The topological polar surface area (TPSA) is 64.3 Å². The Balaban J connectivity index is 1.44. The molecule has 0 bridgehead atoms. The van der Waals surface area contributed by atoms with Crippen LogP contribution in [-0.4, -0.2) is 30.6 Å². The summed E-state index contributed by atoms with van der Waals surface area (Å²) in [7, 11) is 4.12. The lowest BCUT2D eigenvalue weighted by atomic mass is 9.51. The summed E-state index contributed by atoms with van der Waals surface area (Å²) in [5.41, 5.74) is 6.68. The van der Waals surface area contributed by atoms with E-state index < -0.39 is 5.60 Å². The summed E-state index contributed by atoms with van der Waals surface area (Å²) in [6.45, 7) is 2.27. The summed E-state index contributed by atoms with van der Waals surface area (Å²) in [4.78, 5) is 14.4. The maximum atomic E-state index is 12.3. The summed E-state index contributed by atoms with van der Waals surface area (Å²) in [6.07, 6.45) is 7.81. The Bertz CT molecular complexity index is 1480. The van der Waals surface area contributed by atoms with Crippen molar-refractivity contribution >= 4 is 11.5 Å². The van der Waals surface area contributed by atoms with Crippen LogP contribution in [0.5, 0.6) is 0 Å². The quantitative estimate of drug-likeness (QED) is 0.476. The highest BCUT2D eigenvalue weighted by atomic mass is 16.3. The molecule has 0 amide bonds. The molecule has 0 heterocycles. The summed E-state index contributed by atoms with van der Waals surface area (Å²) in [6, 6.07) is 18.3. The Labute approximate surface area is 232 Å². The average molecular weight is 517 g/mol. The predicted octanol–water partition coefficient (Wildman–Crippen LogP) is 6.31. The number of anilines is 1. The van der Waals surface area contributed by atoms with Gasteiger partial charge in [-0.3, -0.25) is 4.79 Å². The lowest BCUT2D eigenvalue weighted by Crippen LogP contribution is -2.51. The Hall–Kier alpha value is -3.60. The molecule has 0 spiro atoms. The maximum absolute atomic E-state index is 12.3. The normalized spacial score (nSPS) is 31.2. The van der Waals surface area contributed by atoms with Crippen LogP contribution in [0.4, 0.5) is 5.69 Å². The molecule has 0 unspecified atom stereocenters. The molecule has 0 aliphatic heterocycles. The number of carbonyl (C=O) groups excluding carboxylic acids is 1. The monoisotopic (exact) mass is 516 g/mol. The average Bonchev–Trinajstić information content (AvgIpc) is 3.21. The molecular weight excluding hydrogens is 480 g/mol. The fraction of sp³-hybridized carbons (Fsp3) is 0.429. The first-order chi connectivity index (χ1) is 18.7. The van der Waals surface area contributed by atoms with Crippen molar-refractivity contribution in [1.82, 2.24) is 0 Å². The van der Waals surface area contributed by atoms with E-state index in [-0.39, 0.29) is 17.1 Å². The number of rotatable bonds is 2. The molecular formula is C35H36N2O2. The number of hydrogen-bond acceptors (Lipinski definition) is 4. The standard InChI is InChI=1S/C35H36N2O2/c1-34-21-31(25-8-11-27(12-9-25)37(2)3)33-29-15-13-28(38)20-26(29)10-14-30(33)32(34)17-19-35(34,39)18-16-23-4-6-24(22-36)7-5-23/h4-9,11-12,20,30-32,39H,10,13-15,17,19,21H2,1-3H3/t30-,31+,32-,34-,35-/m0/s1. The second-order valence-electron chi connectivity index (χ2n) is 12.3. The van der Waals surface area contributed by atoms with Gasteiger partial charge < -0.3 is 10.0 Å². The molecule has 2 fully saturated rings. The number of carbonyl (C=O) groups is 1.